The van der Waals surface area contributed by atoms with Crippen LogP contribution in [0, 0.1) is 5.92 Å². The van der Waals surface area contributed by atoms with E-state index in [2.05, 4.69) is 62.5 Å². The molecule has 0 radical (unpaired) electrons. The first-order valence-electron chi connectivity index (χ1n) is 18.0. The molecule has 0 saturated heterocycles. The van der Waals surface area contributed by atoms with Gasteiger partial charge in [0.15, 0.2) is 0 Å². The standard InChI is InChI=1S/C39H70O2/c1-3-5-7-9-11-13-15-17-19-21-23-25-27-29-31-33-35-39(37-41-38-40)36-34-32-30-28-26-24-22-20-18-16-14-12-10-8-6-4-2/h11-14,17-20,38-39H,3-10,15-16,21-37H2,1-2H3/b13-11-,14-12-,19-17-,20-18-. The number of ether oxygens (including phenoxy) is 1. The van der Waals surface area contributed by atoms with E-state index >= 15 is 0 Å². The first kappa shape index (κ1) is 39.4. The zero-order chi connectivity index (χ0) is 29.7. The average molecular weight is 571 g/mol. The third-order valence-electron chi connectivity index (χ3n) is 8.03. The number of carbonyl (C=O) groups excluding carboxylic acids is 1. The molecule has 0 aliphatic carbocycles. The summed E-state index contributed by atoms with van der Waals surface area (Å²) in [5.74, 6) is 0.553. The van der Waals surface area contributed by atoms with Crippen LogP contribution in [0.4, 0.5) is 0 Å². The summed E-state index contributed by atoms with van der Waals surface area (Å²) < 4.78 is 5.15. The van der Waals surface area contributed by atoms with Crippen LogP contribution in [0.5, 0.6) is 0 Å². The van der Waals surface area contributed by atoms with E-state index in [-0.39, 0.29) is 0 Å². The molecule has 2 nitrogen and oxygen atoms in total. The number of rotatable bonds is 33. The number of carbonyl (C=O) groups is 1. The molecular formula is C39H70O2. The summed E-state index contributed by atoms with van der Waals surface area (Å²) in [5.41, 5.74) is 0. The molecule has 0 fully saturated rings. The molecule has 0 aromatic rings. The van der Waals surface area contributed by atoms with Crippen LogP contribution in [0.3, 0.4) is 0 Å². The summed E-state index contributed by atoms with van der Waals surface area (Å²) in [6.45, 7) is 5.76. The molecule has 0 unspecified atom stereocenters. The second-order valence-corrected chi connectivity index (χ2v) is 12.0. The van der Waals surface area contributed by atoms with Gasteiger partial charge < -0.3 is 4.74 Å². The van der Waals surface area contributed by atoms with Gasteiger partial charge in [0.25, 0.3) is 6.47 Å². The number of allylic oxidation sites excluding steroid dienone is 8. The van der Waals surface area contributed by atoms with Crippen molar-refractivity contribution in [1.29, 1.82) is 0 Å². The molecule has 0 amide bonds. The fourth-order valence-corrected chi connectivity index (χ4v) is 5.33. The first-order chi connectivity index (χ1) is 20.3. The fraction of sp³-hybridized carbons (Fsp3) is 0.769. The maximum absolute atomic E-state index is 10.7. The topological polar surface area (TPSA) is 26.3 Å². The minimum Gasteiger partial charge on any atom is -0.468 e. The molecule has 41 heavy (non-hydrogen) atoms. The maximum Gasteiger partial charge on any atom is 0.293 e. The third kappa shape index (κ3) is 34.5. The molecule has 0 N–H and O–H groups in total. The Balaban J connectivity index is 3.61. The van der Waals surface area contributed by atoms with E-state index in [4.69, 9.17) is 4.74 Å². The van der Waals surface area contributed by atoms with E-state index < -0.39 is 0 Å². The van der Waals surface area contributed by atoms with Crippen molar-refractivity contribution in [3.05, 3.63) is 48.6 Å². The number of unbranched alkanes of at least 4 members (excludes halogenated alkanes) is 18. The second kappa shape index (κ2) is 36.5. The van der Waals surface area contributed by atoms with E-state index in [0.29, 0.717) is 19.0 Å². The highest BCUT2D eigenvalue weighted by atomic mass is 16.5. The fourth-order valence-electron chi connectivity index (χ4n) is 5.33. The van der Waals surface area contributed by atoms with Gasteiger partial charge in [0.05, 0.1) is 6.61 Å². The number of hydrogen-bond donors (Lipinski definition) is 0. The van der Waals surface area contributed by atoms with Gasteiger partial charge in [-0.2, -0.15) is 0 Å². The van der Waals surface area contributed by atoms with Crippen molar-refractivity contribution < 1.29 is 9.53 Å². The Hall–Kier alpha value is -1.57. The van der Waals surface area contributed by atoms with Crippen molar-refractivity contribution >= 4 is 6.47 Å². The Bertz CT molecular complexity index is 567. The predicted octanol–water partition coefficient (Wildman–Crippen LogP) is 13.2. The van der Waals surface area contributed by atoms with Crippen LogP contribution in [0.15, 0.2) is 48.6 Å². The zero-order valence-corrected chi connectivity index (χ0v) is 27.7. The molecule has 0 aromatic heterocycles. The quantitative estimate of drug-likeness (QED) is 0.0445. The lowest BCUT2D eigenvalue weighted by molar-refractivity contribution is -0.130. The van der Waals surface area contributed by atoms with Gasteiger partial charge in [-0.3, -0.25) is 4.79 Å². The summed E-state index contributed by atoms with van der Waals surface area (Å²) in [5, 5.41) is 0. The Morgan fingerprint density at radius 1 is 0.439 bits per heavy atom. The monoisotopic (exact) mass is 571 g/mol. The largest absolute Gasteiger partial charge is 0.468 e. The van der Waals surface area contributed by atoms with Crippen LogP contribution in [-0.4, -0.2) is 13.1 Å². The lowest BCUT2D eigenvalue weighted by Crippen LogP contribution is -2.09. The van der Waals surface area contributed by atoms with Gasteiger partial charge in [-0.1, -0.05) is 152 Å². The molecule has 0 saturated carbocycles. The molecule has 0 rings (SSSR count). The molecule has 238 valence electrons. The van der Waals surface area contributed by atoms with Crippen LogP contribution >= 0.6 is 0 Å². The van der Waals surface area contributed by atoms with E-state index in [0.717, 1.165) is 12.8 Å². The van der Waals surface area contributed by atoms with Gasteiger partial charge in [-0.05, 0) is 83.0 Å². The van der Waals surface area contributed by atoms with Crippen LogP contribution in [-0.2, 0) is 9.53 Å². The molecular weight excluding hydrogens is 500 g/mol. The van der Waals surface area contributed by atoms with Gasteiger partial charge in [-0.15, -0.1) is 0 Å². The predicted molar refractivity (Wildman–Crippen MR) is 183 cm³/mol. The Labute approximate surface area is 257 Å². The molecule has 0 aliphatic rings. The summed E-state index contributed by atoms with van der Waals surface area (Å²) in [4.78, 5) is 10.7. The molecule has 0 spiro atoms. The summed E-state index contributed by atoms with van der Waals surface area (Å²) in [6, 6.07) is 0. The van der Waals surface area contributed by atoms with Gasteiger partial charge in [0.2, 0.25) is 0 Å². The average Bonchev–Trinajstić information content (AvgIpc) is 2.98. The van der Waals surface area contributed by atoms with Gasteiger partial charge in [-0.25, -0.2) is 0 Å². The van der Waals surface area contributed by atoms with E-state index in [1.807, 2.05) is 0 Å². The van der Waals surface area contributed by atoms with Crippen molar-refractivity contribution in [2.24, 2.45) is 5.92 Å². The van der Waals surface area contributed by atoms with Crippen LogP contribution in [0.2, 0.25) is 0 Å². The summed E-state index contributed by atoms with van der Waals surface area (Å²) in [7, 11) is 0. The Morgan fingerprint density at radius 2 is 0.780 bits per heavy atom. The van der Waals surface area contributed by atoms with Crippen molar-refractivity contribution in [3.8, 4) is 0 Å². The summed E-state index contributed by atoms with van der Waals surface area (Å²) >= 11 is 0. The molecule has 0 aliphatic heterocycles. The highest BCUT2D eigenvalue weighted by Gasteiger charge is 2.09. The maximum atomic E-state index is 10.7. The van der Waals surface area contributed by atoms with E-state index in [1.54, 1.807) is 0 Å². The normalized spacial score (nSPS) is 12.3. The SMILES string of the molecule is CCCCC/C=C\C/C=C\CCCCCCCCC(CCCCCCCC/C=C\C/C=C\CCCCC)COC=O. The van der Waals surface area contributed by atoms with Gasteiger partial charge in [0.1, 0.15) is 0 Å². The third-order valence-corrected chi connectivity index (χ3v) is 8.03. The second-order valence-electron chi connectivity index (χ2n) is 12.0. The van der Waals surface area contributed by atoms with Crippen molar-refractivity contribution in [1.82, 2.24) is 0 Å². The molecule has 2 heteroatoms. The lowest BCUT2D eigenvalue weighted by atomic mass is 9.94. The lowest BCUT2D eigenvalue weighted by Gasteiger charge is -2.15. The highest BCUT2D eigenvalue weighted by Crippen LogP contribution is 2.20. The first-order valence-corrected chi connectivity index (χ1v) is 18.0. The van der Waals surface area contributed by atoms with Crippen molar-refractivity contribution in [3.63, 3.8) is 0 Å². The Kier molecular flexibility index (Phi) is 35.1. The van der Waals surface area contributed by atoms with E-state index in [9.17, 15) is 4.79 Å². The van der Waals surface area contributed by atoms with Crippen LogP contribution in [0.1, 0.15) is 181 Å². The highest BCUT2D eigenvalue weighted by molar-refractivity contribution is 5.36. The van der Waals surface area contributed by atoms with Gasteiger partial charge in [0, 0.05) is 0 Å². The van der Waals surface area contributed by atoms with Crippen molar-refractivity contribution in [2.75, 3.05) is 6.61 Å². The molecule has 0 aromatic carbocycles. The summed E-state index contributed by atoms with van der Waals surface area (Å²) in [6.07, 6.45) is 52.1. The molecule has 0 heterocycles. The van der Waals surface area contributed by atoms with Gasteiger partial charge >= 0.3 is 0 Å². The van der Waals surface area contributed by atoms with Crippen molar-refractivity contribution in [2.45, 2.75) is 181 Å². The minimum atomic E-state index is 0.553. The smallest absolute Gasteiger partial charge is 0.293 e. The minimum absolute atomic E-state index is 0.553. The van der Waals surface area contributed by atoms with Crippen LogP contribution in [0.25, 0.3) is 0 Å². The molecule has 0 atom stereocenters. The van der Waals surface area contributed by atoms with Crippen LogP contribution < -0.4 is 0 Å². The van der Waals surface area contributed by atoms with E-state index in [1.165, 1.54) is 154 Å². The number of hydrogen-bond acceptors (Lipinski definition) is 2. The molecule has 0 bridgehead atoms. The zero-order valence-electron chi connectivity index (χ0n) is 27.7. The Morgan fingerprint density at radius 3 is 1.15 bits per heavy atom.